The van der Waals surface area contributed by atoms with Crippen molar-refractivity contribution in [1.82, 2.24) is 24.1 Å². The molecule has 0 aromatic carbocycles. The third kappa shape index (κ3) is 3.26. The highest BCUT2D eigenvalue weighted by molar-refractivity contribution is 7.15. The maximum atomic E-state index is 10.1. The summed E-state index contributed by atoms with van der Waals surface area (Å²) >= 11 is 7.73. The van der Waals surface area contributed by atoms with Crippen molar-refractivity contribution in [3.63, 3.8) is 0 Å². The van der Waals surface area contributed by atoms with Crippen LogP contribution in [-0.2, 0) is 13.1 Å². The first-order chi connectivity index (χ1) is 10.1. The second-order valence-corrected chi connectivity index (χ2v) is 6.21. The van der Waals surface area contributed by atoms with Gasteiger partial charge in [0.15, 0.2) is 10.1 Å². The molecule has 0 saturated heterocycles. The number of aliphatic hydroxyl groups is 1. The first-order valence-corrected chi connectivity index (χ1v) is 7.83. The van der Waals surface area contributed by atoms with Gasteiger partial charge in [0.2, 0.25) is 0 Å². The molecule has 0 spiro atoms. The van der Waals surface area contributed by atoms with Crippen molar-refractivity contribution >= 4 is 27.9 Å². The molecule has 3 rings (SSSR count). The van der Waals surface area contributed by atoms with Gasteiger partial charge < -0.3 is 5.11 Å². The molecule has 112 valence electrons. The predicted molar refractivity (Wildman–Crippen MR) is 82.6 cm³/mol. The van der Waals surface area contributed by atoms with Gasteiger partial charge in [-0.25, -0.2) is 4.98 Å². The van der Waals surface area contributed by atoms with Crippen molar-refractivity contribution in [1.29, 1.82) is 0 Å². The van der Waals surface area contributed by atoms with Crippen LogP contribution >= 0.6 is 22.9 Å². The van der Waals surface area contributed by atoms with Gasteiger partial charge in [0.05, 0.1) is 18.3 Å². The molecular formula is C13H16ClN5OS. The van der Waals surface area contributed by atoms with Gasteiger partial charge in [0.1, 0.15) is 0 Å². The molecule has 0 aliphatic rings. The Kier molecular flexibility index (Phi) is 4.25. The van der Waals surface area contributed by atoms with Crippen LogP contribution in [-0.4, -0.2) is 48.9 Å². The van der Waals surface area contributed by atoms with Crippen LogP contribution in [0.3, 0.4) is 0 Å². The highest BCUT2D eigenvalue weighted by atomic mass is 35.5. The average molecular weight is 326 g/mol. The number of hydrogen-bond acceptors (Lipinski definition) is 5. The van der Waals surface area contributed by atoms with E-state index in [9.17, 15) is 5.11 Å². The van der Waals surface area contributed by atoms with E-state index in [1.165, 1.54) is 0 Å². The van der Waals surface area contributed by atoms with Crippen molar-refractivity contribution in [2.24, 2.45) is 0 Å². The number of thiazole rings is 1. The summed E-state index contributed by atoms with van der Waals surface area (Å²) in [5.41, 5.74) is 0.946. The molecule has 3 aromatic rings. The number of likely N-dealkylation sites (N-methyl/N-ethyl adjacent to an activating group) is 1. The highest BCUT2D eigenvalue weighted by Crippen LogP contribution is 2.22. The van der Waals surface area contributed by atoms with E-state index in [4.69, 9.17) is 11.6 Å². The Labute approximate surface area is 131 Å². The average Bonchev–Trinajstić information content (AvgIpc) is 3.11. The quantitative estimate of drug-likeness (QED) is 0.750. The van der Waals surface area contributed by atoms with Gasteiger partial charge in [0, 0.05) is 37.1 Å². The molecule has 0 aliphatic heterocycles. The van der Waals surface area contributed by atoms with Crippen LogP contribution in [0, 0.1) is 0 Å². The Morgan fingerprint density at radius 2 is 2.33 bits per heavy atom. The monoisotopic (exact) mass is 325 g/mol. The van der Waals surface area contributed by atoms with Gasteiger partial charge in [0.25, 0.3) is 0 Å². The lowest BCUT2D eigenvalue weighted by Crippen LogP contribution is -2.32. The second-order valence-electron chi connectivity index (χ2n) is 4.98. The Morgan fingerprint density at radius 3 is 3.10 bits per heavy atom. The van der Waals surface area contributed by atoms with Crippen LogP contribution < -0.4 is 0 Å². The number of aliphatic hydroxyl groups excluding tert-OH is 1. The standard InChI is InChI=1S/C13H16ClN5OS/c1-17(7-10(20)8-18-4-2-3-15-18)9-11-12(14)16-13-19(11)5-6-21-13/h2-6,10,20H,7-9H2,1H3/t10-/m1/s1. The van der Waals surface area contributed by atoms with Gasteiger partial charge in [-0.3, -0.25) is 14.0 Å². The van der Waals surface area contributed by atoms with Gasteiger partial charge >= 0.3 is 0 Å². The van der Waals surface area contributed by atoms with E-state index in [1.807, 2.05) is 40.2 Å². The first-order valence-electron chi connectivity index (χ1n) is 6.57. The van der Waals surface area contributed by atoms with Crippen molar-refractivity contribution in [3.8, 4) is 0 Å². The van der Waals surface area contributed by atoms with Crippen molar-refractivity contribution < 1.29 is 5.11 Å². The largest absolute Gasteiger partial charge is 0.390 e. The molecule has 21 heavy (non-hydrogen) atoms. The Hall–Kier alpha value is -1.41. The molecule has 8 heteroatoms. The fourth-order valence-electron chi connectivity index (χ4n) is 2.31. The molecule has 1 N–H and O–H groups in total. The molecule has 1 atom stereocenters. The summed E-state index contributed by atoms with van der Waals surface area (Å²) in [6.07, 6.45) is 5.02. The molecule has 0 fully saturated rings. The second kappa shape index (κ2) is 6.15. The predicted octanol–water partition coefficient (Wildman–Crippen LogP) is 1.74. The summed E-state index contributed by atoms with van der Waals surface area (Å²) in [5, 5.41) is 16.7. The summed E-state index contributed by atoms with van der Waals surface area (Å²) in [4.78, 5) is 7.23. The fraction of sp³-hybridized carbons (Fsp3) is 0.385. The topological polar surface area (TPSA) is 58.6 Å². The number of imidazole rings is 1. The number of aromatic nitrogens is 4. The lowest BCUT2D eigenvalue weighted by molar-refractivity contribution is 0.103. The molecule has 0 aliphatic carbocycles. The molecule has 0 saturated carbocycles. The molecule has 0 bridgehead atoms. The molecule has 0 unspecified atom stereocenters. The Morgan fingerprint density at radius 1 is 1.48 bits per heavy atom. The van der Waals surface area contributed by atoms with Crippen LogP contribution in [0.4, 0.5) is 0 Å². The summed E-state index contributed by atoms with van der Waals surface area (Å²) < 4.78 is 3.71. The van der Waals surface area contributed by atoms with E-state index in [0.717, 1.165) is 10.7 Å². The van der Waals surface area contributed by atoms with Crippen LogP contribution in [0.15, 0.2) is 30.0 Å². The van der Waals surface area contributed by atoms with Crippen LogP contribution in [0.2, 0.25) is 5.15 Å². The van der Waals surface area contributed by atoms with Gasteiger partial charge in [-0.1, -0.05) is 11.6 Å². The van der Waals surface area contributed by atoms with Crippen LogP contribution in [0.5, 0.6) is 0 Å². The zero-order valence-electron chi connectivity index (χ0n) is 11.6. The lowest BCUT2D eigenvalue weighted by atomic mass is 10.3. The first kappa shape index (κ1) is 14.5. The van der Waals surface area contributed by atoms with E-state index in [2.05, 4.69) is 10.1 Å². The zero-order valence-corrected chi connectivity index (χ0v) is 13.1. The fourth-order valence-corrected chi connectivity index (χ4v) is 3.32. The van der Waals surface area contributed by atoms with E-state index >= 15 is 0 Å². The van der Waals surface area contributed by atoms with Crippen molar-refractivity contribution in [2.75, 3.05) is 13.6 Å². The lowest BCUT2D eigenvalue weighted by Gasteiger charge is -2.20. The number of fused-ring (bicyclic) bond motifs is 1. The number of nitrogens with zero attached hydrogens (tertiary/aromatic N) is 5. The normalized spacial score (nSPS) is 13.3. The van der Waals surface area contributed by atoms with Gasteiger partial charge in [-0.05, 0) is 13.1 Å². The van der Waals surface area contributed by atoms with Crippen LogP contribution in [0.1, 0.15) is 5.69 Å². The van der Waals surface area contributed by atoms with Crippen LogP contribution in [0.25, 0.3) is 4.96 Å². The maximum absolute atomic E-state index is 10.1. The molecule has 0 amide bonds. The van der Waals surface area contributed by atoms with E-state index in [1.54, 1.807) is 22.2 Å². The minimum absolute atomic E-state index is 0.478. The SMILES string of the molecule is CN(Cc1c(Cl)nc2sccn12)C[C@@H](O)Cn1cccn1. The molecule has 6 nitrogen and oxygen atoms in total. The highest BCUT2D eigenvalue weighted by Gasteiger charge is 2.15. The van der Waals surface area contributed by atoms with Crippen molar-refractivity contribution in [2.45, 2.75) is 19.2 Å². The summed E-state index contributed by atoms with van der Waals surface area (Å²) in [6, 6.07) is 1.84. The van der Waals surface area contributed by atoms with E-state index < -0.39 is 6.10 Å². The van der Waals surface area contributed by atoms with Gasteiger partial charge in [-0.15, -0.1) is 11.3 Å². The molecule has 3 aromatic heterocycles. The summed E-state index contributed by atoms with van der Waals surface area (Å²) in [5.74, 6) is 0. The van der Waals surface area contributed by atoms with Gasteiger partial charge in [-0.2, -0.15) is 5.10 Å². The minimum Gasteiger partial charge on any atom is -0.390 e. The third-order valence-electron chi connectivity index (χ3n) is 3.21. The molecule has 3 heterocycles. The Bertz CT molecular complexity index is 707. The zero-order chi connectivity index (χ0) is 14.8. The van der Waals surface area contributed by atoms with E-state index in [-0.39, 0.29) is 0 Å². The summed E-state index contributed by atoms with van der Waals surface area (Å²) in [7, 11) is 1.95. The number of halogens is 1. The molecular weight excluding hydrogens is 310 g/mol. The Balaban J connectivity index is 1.62. The minimum atomic E-state index is -0.487. The van der Waals surface area contributed by atoms with E-state index in [0.29, 0.717) is 24.8 Å². The number of hydrogen-bond donors (Lipinski definition) is 1. The summed E-state index contributed by atoms with van der Waals surface area (Å²) in [6.45, 7) is 1.64. The maximum Gasteiger partial charge on any atom is 0.195 e. The third-order valence-corrected chi connectivity index (χ3v) is 4.27. The number of rotatable bonds is 6. The smallest absolute Gasteiger partial charge is 0.195 e. The van der Waals surface area contributed by atoms with Crippen molar-refractivity contribution in [3.05, 3.63) is 40.9 Å². The molecule has 0 radical (unpaired) electrons.